The minimum Gasteiger partial charge on any atom is -0.326 e. The summed E-state index contributed by atoms with van der Waals surface area (Å²) in [5, 5.41) is 13.3. The molecule has 2 N–H and O–H groups in total. The predicted octanol–water partition coefficient (Wildman–Crippen LogP) is 4.76. The number of aromatic amines is 1. The summed E-state index contributed by atoms with van der Waals surface area (Å²) in [6, 6.07) is 10.1. The summed E-state index contributed by atoms with van der Waals surface area (Å²) in [5.41, 5.74) is 1.52. The molecule has 0 saturated heterocycles. The van der Waals surface area contributed by atoms with Crippen molar-refractivity contribution in [1.82, 2.24) is 10.2 Å². The zero-order valence-electron chi connectivity index (χ0n) is 13.5. The van der Waals surface area contributed by atoms with E-state index in [4.69, 9.17) is 0 Å². The van der Waals surface area contributed by atoms with E-state index in [2.05, 4.69) is 33.0 Å². The van der Waals surface area contributed by atoms with Gasteiger partial charge in [-0.05, 0) is 48.9 Å². The van der Waals surface area contributed by atoms with Gasteiger partial charge in [0.15, 0.2) is 0 Å². The summed E-state index contributed by atoms with van der Waals surface area (Å²) >= 11 is 1.75. The average molecular weight is 339 g/mol. The first-order chi connectivity index (χ1) is 11.8. The van der Waals surface area contributed by atoms with Gasteiger partial charge in [-0.25, -0.2) is 0 Å². The molecule has 1 saturated carbocycles. The van der Waals surface area contributed by atoms with Gasteiger partial charge >= 0.3 is 0 Å². The highest BCUT2D eigenvalue weighted by molar-refractivity contribution is 7.09. The Morgan fingerprint density at radius 3 is 2.92 bits per heavy atom. The number of H-pyrrole nitrogens is 1. The molecular formula is C19H21N3OS. The van der Waals surface area contributed by atoms with Gasteiger partial charge in [0.05, 0.1) is 17.1 Å². The minimum absolute atomic E-state index is 0.162. The number of hydrogen-bond donors (Lipinski definition) is 2. The number of fused-ring (bicyclic) bond motifs is 1. The van der Waals surface area contributed by atoms with Crippen LogP contribution in [0.25, 0.3) is 10.9 Å². The summed E-state index contributed by atoms with van der Waals surface area (Å²) in [4.78, 5) is 14.5. The number of rotatable bonds is 4. The van der Waals surface area contributed by atoms with E-state index < -0.39 is 0 Å². The summed E-state index contributed by atoms with van der Waals surface area (Å²) in [5.74, 6) is 0.162. The topological polar surface area (TPSA) is 57.8 Å². The Kier molecular flexibility index (Phi) is 4.10. The van der Waals surface area contributed by atoms with Crippen LogP contribution in [0.5, 0.6) is 0 Å². The third-order valence-corrected chi connectivity index (χ3v) is 5.96. The summed E-state index contributed by atoms with van der Waals surface area (Å²) < 4.78 is 0. The van der Waals surface area contributed by atoms with Crippen molar-refractivity contribution in [2.75, 3.05) is 5.32 Å². The Hall–Kier alpha value is -2.14. The average Bonchev–Trinajstić information content (AvgIpc) is 3.26. The number of nitrogens with zero attached hydrogens (tertiary/aromatic N) is 1. The van der Waals surface area contributed by atoms with Crippen molar-refractivity contribution in [3.63, 3.8) is 0 Å². The highest BCUT2D eigenvalue weighted by Crippen LogP contribution is 2.41. The zero-order valence-corrected chi connectivity index (χ0v) is 14.4. The normalized spacial score (nSPS) is 17.0. The molecule has 5 heteroatoms. The minimum atomic E-state index is -0.272. The third-order valence-electron chi connectivity index (χ3n) is 5.08. The molecule has 0 spiro atoms. The molecule has 124 valence electrons. The molecule has 1 aliphatic rings. The summed E-state index contributed by atoms with van der Waals surface area (Å²) in [7, 11) is 0. The Morgan fingerprint density at radius 1 is 1.25 bits per heavy atom. The molecule has 2 heterocycles. The van der Waals surface area contributed by atoms with Crippen LogP contribution >= 0.6 is 11.3 Å². The maximum Gasteiger partial charge on any atom is 0.230 e. The quantitative estimate of drug-likeness (QED) is 0.720. The van der Waals surface area contributed by atoms with E-state index in [1.54, 1.807) is 17.5 Å². The number of benzene rings is 1. The standard InChI is InChI=1S/C19H21N3OS/c23-18(21-15-7-6-14-13-20-22-17(14)11-15)19(8-2-1-3-9-19)12-16-5-4-10-24-16/h4-7,10-11,13H,1-3,8-9,12H2,(H,20,22)(H,21,23). The van der Waals surface area contributed by atoms with E-state index >= 15 is 0 Å². The highest BCUT2D eigenvalue weighted by Gasteiger charge is 2.39. The Bertz CT molecular complexity index is 831. The number of amides is 1. The maximum atomic E-state index is 13.2. The van der Waals surface area contributed by atoms with Crippen LogP contribution in [0.4, 0.5) is 5.69 Å². The fourth-order valence-corrected chi connectivity index (χ4v) is 4.59. The van der Waals surface area contributed by atoms with Crippen LogP contribution in [0.2, 0.25) is 0 Å². The van der Waals surface area contributed by atoms with Crippen LogP contribution in [-0.4, -0.2) is 16.1 Å². The molecule has 1 aromatic carbocycles. The number of nitrogens with one attached hydrogen (secondary N) is 2. The molecule has 4 nitrogen and oxygen atoms in total. The second kappa shape index (κ2) is 6.40. The predicted molar refractivity (Wildman–Crippen MR) is 98.3 cm³/mol. The van der Waals surface area contributed by atoms with Crippen LogP contribution in [0.15, 0.2) is 41.9 Å². The van der Waals surface area contributed by atoms with E-state index in [-0.39, 0.29) is 11.3 Å². The Balaban J connectivity index is 1.58. The number of thiophene rings is 1. The van der Waals surface area contributed by atoms with Gasteiger partial charge in [-0.15, -0.1) is 11.3 Å². The molecule has 4 rings (SSSR count). The molecule has 0 aliphatic heterocycles. The second-order valence-electron chi connectivity index (χ2n) is 6.72. The van der Waals surface area contributed by atoms with Crippen molar-refractivity contribution >= 4 is 33.8 Å². The number of carbonyl (C=O) groups excluding carboxylic acids is 1. The van der Waals surface area contributed by atoms with Crippen molar-refractivity contribution in [3.8, 4) is 0 Å². The number of carbonyl (C=O) groups is 1. The number of aromatic nitrogens is 2. The third kappa shape index (κ3) is 2.96. The van der Waals surface area contributed by atoms with E-state index in [1.807, 2.05) is 18.2 Å². The lowest BCUT2D eigenvalue weighted by Gasteiger charge is -2.35. The molecule has 1 aliphatic carbocycles. The van der Waals surface area contributed by atoms with Crippen molar-refractivity contribution in [3.05, 3.63) is 46.8 Å². The van der Waals surface area contributed by atoms with Crippen LogP contribution in [0, 0.1) is 5.41 Å². The smallest absolute Gasteiger partial charge is 0.230 e. The van der Waals surface area contributed by atoms with E-state index in [0.29, 0.717) is 0 Å². The summed E-state index contributed by atoms with van der Waals surface area (Å²) in [6.45, 7) is 0. The van der Waals surface area contributed by atoms with Crippen molar-refractivity contribution in [2.45, 2.75) is 38.5 Å². The van der Waals surface area contributed by atoms with Crippen molar-refractivity contribution in [1.29, 1.82) is 0 Å². The Morgan fingerprint density at radius 2 is 2.12 bits per heavy atom. The fourth-order valence-electron chi connectivity index (χ4n) is 3.74. The Labute approximate surface area is 145 Å². The van der Waals surface area contributed by atoms with Gasteiger partial charge in [0.1, 0.15) is 0 Å². The van der Waals surface area contributed by atoms with Crippen LogP contribution in [0.3, 0.4) is 0 Å². The van der Waals surface area contributed by atoms with Gasteiger partial charge in [0.25, 0.3) is 0 Å². The monoisotopic (exact) mass is 339 g/mol. The van der Waals surface area contributed by atoms with Gasteiger partial charge in [-0.1, -0.05) is 25.3 Å². The fraction of sp³-hybridized carbons (Fsp3) is 0.368. The lowest BCUT2D eigenvalue weighted by Crippen LogP contribution is -2.39. The largest absolute Gasteiger partial charge is 0.326 e. The van der Waals surface area contributed by atoms with Crippen LogP contribution < -0.4 is 5.32 Å². The maximum absolute atomic E-state index is 13.2. The van der Waals surface area contributed by atoms with Crippen LogP contribution in [0.1, 0.15) is 37.0 Å². The molecule has 0 radical (unpaired) electrons. The molecule has 0 unspecified atom stereocenters. The number of hydrogen-bond acceptors (Lipinski definition) is 3. The first-order valence-corrected chi connectivity index (χ1v) is 9.40. The SMILES string of the molecule is O=C(Nc1ccc2cn[nH]c2c1)C1(Cc2cccs2)CCCCC1. The zero-order chi connectivity index (χ0) is 16.4. The molecule has 0 atom stereocenters. The molecule has 1 fully saturated rings. The van der Waals surface area contributed by atoms with E-state index in [0.717, 1.165) is 48.7 Å². The van der Waals surface area contributed by atoms with Gasteiger partial charge in [-0.3, -0.25) is 9.89 Å². The lowest BCUT2D eigenvalue weighted by molar-refractivity contribution is -0.127. The van der Waals surface area contributed by atoms with Gasteiger partial charge in [-0.2, -0.15) is 5.10 Å². The van der Waals surface area contributed by atoms with Gasteiger partial charge < -0.3 is 5.32 Å². The molecule has 24 heavy (non-hydrogen) atoms. The molecule has 2 aromatic heterocycles. The molecular weight excluding hydrogens is 318 g/mol. The van der Waals surface area contributed by atoms with Gasteiger partial charge in [0, 0.05) is 16.0 Å². The first kappa shape index (κ1) is 15.4. The van der Waals surface area contributed by atoms with Crippen molar-refractivity contribution < 1.29 is 4.79 Å². The van der Waals surface area contributed by atoms with Crippen LogP contribution in [-0.2, 0) is 11.2 Å². The van der Waals surface area contributed by atoms with Crippen molar-refractivity contribution in [2.24, 2.45) is 5.41 Å². The van der Waals surface area contributed by atoms with E-state index in [1.165, 1.54) is 11.3 Å². The van der Waals surface area contributed by atoms with Gasteiger partial charge in [0.2, 0.25) is 5.91 Å². The number of anilines is 1. The molecule has 0 bridgehead atoms. The second-order valence-corrected chi connectivity index (χ2v) is 7.76. The first-order valence-electron chi connectivity index (χ1n) is 8.52. The highest BCUT2D eigenvalue weighted by atomic mass is 32.1. The van der Waals surface area contributed by atoms with E-state index in [9.17, 15) is 4.79 Å². The lowest BCUT2D eigenvalue weighted by atomic mass is 9.70. The molecule has 1 amide bonds. The molecule has 3 aromatic rings. The summed E-state index contributed by atoms with van der Waals surface area (Å²) in [6.07, 6.45) is 8.10.